The van der Waals surface area contributed by atoms with Crippen LogP contribution in [0.4, 0.5) is 5.69 Å². The van der Waals surface area contributed by atoms with E-state index < -0.39 is 16.0 Å². The van der Waals surface area contributed by atoms with Gasteiger partial charge >= 0.3 is 5.97 Å². The molecule has 21 heavy (non-hydrogen) atoms. The van der Waals surface area contributed by atoms with Crippen LogP contribution in [0.5, 0.6) is 0 Å². The maximum absolute atomic E-state index is 12.5. The second-order valence-corrected chi connectivity index (χ2v) is 6.30. The molecule has 8 heteroatoms. The van der Waals surface area contributed by atoms with Gasteiger partial charge in [-0.3, -0.25) is 9.71 Å². The first-order chi connectivity index (χ1) is 9.74. The van der Waals surface area contributed by atoms with Crippen molar-refractivity contribution in [3.63, 3.8) is 0 Å². The monoisotopic (exact) mass is 309 g/mol. The predicted molar refractivity (Wildman–Crippen MR) is 77.0 cm³/mol. The highest BCUT2D eigenvalue weighted by Crippen LogP contribution is 2.26. The van der Waals surface area contributed by atoms with Gasteiger partial charge < -0.3 is 10.1 Å². The molecule has 0 aliphatic heterocycles. The molecule has 0 radical (unpaired) electrons. The summed E-state index contributed by atoms with van der Waals surface area (Å²) in [5, 5.41) is 9.05. The van der Waals surface area contributed by atoms with Crippen LogP contribution in [0, 0.1) is 20.8 Å². The minimum Gasteiger partial charge on any atom is -0.477 e. The average Bonchev–Trinajstić information content (AvgIpc) is 2.68. The summed E-state index contributed by atoms with van der Waals surface area (Å²) in [6.07, 6.45) is 3.02. The van der Waals surface area contributed by atoms with Gasteiger partial charge in [0, 0.05) is 23.7 Å². The Morgan fingerprint density at radius 3 is 2.52 bits per heavy atom. The summed E-state index contributed by atoms with van der Waals surface area (Å²) in [6.45, 7) is 4.71. The number of aryl methyl sites for hydroxylation is 2. The van der Waals surface area contributed by atoms with Gasteiger partial charge in [-0.1, -0.05) is 0 Å². The van der Waals surface area contributed by atoms with E-state index in [1.54, 1.807) is 13.0 Å². The number of anilines is 1. The number of aromatic carboxylic acids is 1. The highest BCUT2D eigenvalue weighted by atomic mass is 32.2. The highest BCUT2D eigenvalue weighted by Gasteiger charge is 2.26. The van der Waals surface area contributed by atoms with Gasteiger partial charge in [0.2, 0.25) is 0 Å². The van der Waals surface area contributed by atoms with E-state index in [0.717, 1.165) is 0 Å². The minimum absolute atomic E-state index is 0.0453. The van der Waals surface area contributed by atoms with Gasteiger partial charge in [-0.2, -0.15) is 0 Å². The topological polar surface area (TPSA) is 112 Å². The number of rotatable bonds is 4. The van der Waals surface area contributed by atoms with Crippen molar-refractivity contribution in [2.24, 2.45) is 0 Å². The first-order valence-corrected chi connectivity index (χ1v) is 7.58. The molecule has 2 rings (SSSR count). The Morgan fingerprint density at radius 2 is 2.00 bits per heavy atom. The Bertz CT molecular complexity index is 809. The third-order valence-corrected chi connectivity index (χ3v) is 4.75. The second-order valence-electron chi connectivity index (χ2n) is 4.68. The van der Waals surface area contributed by atoms with E-state index in [4.69, 9.17) is 5.11 Å². The van der Waals surface area contributed by atoms with Crippen LogP contribution in [0.15, 0.2) is 23.4 Å². The fourth-order valence-electron chi connectivity index (χ4n) is 2.13. The van der Waals surface area contributed by atoms with Gasteiger partial charge in [0.05, 0.1) is 5.69 Å². The van der Waals surface area contributed by atoms with Gasteiger partial charge in [0.25, 0.3) is 10.0 Å². The van der Waals surface area contributed by atoms with Crippen LogP contribution in [0.2, 0.25) is 0 Å². The maximum atomic E-state index is 12.5. The van der Waals surface area contributed by atoms with Gasteiger partial charge in [-0.15, -0.1) is 0 Å². The summed E-state index contributed by atoms with van der Waals surface area (Å²) in [4.78, 5) is 17.5. The van der Waals surface area contributed by atoms with Crippen molar-refractivity contribution in [1.29, 1.82) is 0 Å². The normalized spacial score (nSPS) is 11.4. The number of sulfonamides is 1. The molecule has 0 fully saturated rings. The van der Waals surface area contributed by atoms with Crippen molar-refractivity contribution in [3.05, 3.63) is 41.0 Å². The maximum Gasteiger partial charge on any atom is 0.352 e. The first-order valence-electron chi connectivity index (χ1n) is 6.10. The van der Waals surface area contributed by atoms with E-state index >= 15 is 0 Å². The Morgan fingerprint density at radius 1 is 1.33 bits per heavy atom. The van der Waals surface area contributed by atoms with E-state index in [1.165, 1.54) is 26.2 Å². The lowest BCUT2D eigenvalue weighted by Gasteiger charge is -2.10. The molecule has 0 unspecified atom stereocenters. The molecule has 0 amide bonds. The fraction of sp³-hybridized carbons (Fsp3) is 0.231. The number of pyridine rings is 1. The van der Waals surface area contributed by atoms with Crippen LogP contribution in [0.1, 0.15) is 27.3 Å². The molecular weight excluding hydrogens is 294 g/mol. The molecule has 2 aromatic rings. The second kappa shape index (κ2) is 5.21. The molecule has 0 aromatic carbocycles. The molecular formula is C13H15N3O4S. The zero-order valence-corrected chi connectivity index (χ0v) is 12.6. The first kappa shape index (κ1) is 15.0. The van der Waals surface area contributed by atoms with E-state index in [-0.39, 0.29) is 21.8 Å². The molecule has 0 bridgehead atoms. The molecule has 0 saturated carbocycles. The van der Waals surface area contributed by atoms with Crippen LogP contribution in [-0.4, -0.2) is 29.5 Å². The van der Waals surface area contributed by atoms with E-state index in [0.29, 0.717) is 11.3 Å². The third kappa shape index (κ3) is 2.75. The number of hydrogen-bond donors (Lipinski definition) is 3. The van der Waals surface area contributed by atoms with Gasteiger partial charge in [0.15, 0.2) is 0 Å². The number of nitrogens with zero attached hydrogens (tertiary/aromatic N) is 1. The smallest absolute Gasteiger partial charge is 0.352 e. The molecule has 112 valence electrons. The molecule has 0 saturated heterocycles. The summed E-state index contributed by atoms with van der Waals surface area (Å²) in [6, 6.07) is 1.54. The molecule has 0 atom stereocenters. The summed E-state index contributed by atoms with van der Waals surface area (Å²) in [5.74, 6) is -1.20. The minimum atomic E-state index is -3.88. The lowest BCUT2D eigenvalue weighted by molar-refractivity contribution is 0.0690. The van der Waals surface area contributed by atoms with Gasteiger partial charge in [-0.25, -0.2) is 13.2 Å². The molecule has 0 aliphatic carbocycles. The largest absolute Gasteiger partial charge is 0.477 e. The standard InChI is InChI=1S/C13H15N3O4S/c1-7-6-14-5-4-10(7)16-21(19,20)12-8(2)11(13(17)18)15-9(12)3/h4-6,15H,1-3H3,(H,14,16)(H,17,18). The summed E-state index contributed by atoms with van der Waals surface area (Å²) >= 11 is 0. The molecule has 0 spiro atoms. The quantitative estimate of drug-likeness (QED) is 0.797. The number of H-pyrrole nitrogens is 1. The molecule has 3 N–H and O–H groups in total. The van der Waals surface area contributed by atoms with E-state index in [1.807, 2.05) is 0 Å². The lowest BCUT2D eigenvalue weighted by atomic mass is 10.2. The third-order valence-electron chi connectivity index (χ3n) is 3.12. The number of carboxylic acid groups (broad SMARTS) is 1. The Labute approximate surface area is 122 Å². The number of carboxylic acids is 1. The Kier molecular flexibility index (Phi) is 3.73. The van der Waals surface area contributed by atoms with Crippen molar-refractivity contribution in [2.75, 3.05) is 4.72 Å². The number of aromatic amines is 1. The van der Waals surface area contributed by atoms with Crippen LogP contribution < -0.4 is 4.72 Å². The zero-order chi connectivity index (χ0) is 15.8. The number of hydrogen-bond acceptors (Lipinski definition) is 4. The predicted octanol–water partition coefficient (Wildman–Crippen LogP) is 1.83. The van der Waals surface area contributed by atoms with Crippen LogP contribution in [0.25, 0.3) is 0 Å². The number of carbonyl (C=O) groups is 1. The van der Waals surface area contributed by atoms with Crippen molar-refractivity contribution < 1.29 is 18.3 Å². The molecule has 2 aromatic heterocycles. The van der Waals surface area contributed by atoms with Gasteiger partial charge in [-0.05, 0) is 32.4 Å². The van der Waals surface area contributed by atoms with Crippen molar-refractivity contribution in [3.8, 4) is 0 Å². The van der Waals surface area contributed by atoms with Crippen molar-refractivity contribution in [2.45, 2.75) is 25.7 Å². The molecule has 7 nitrogen and oxygen atoms in total. The van der Waals surface area contributed by atoms with E-state index in [2.05, 4.69) is 14.7 Å². The summed E-state index contributed by atoms with van der Waals surface area (Å²) < 4.78 is 27.4. The molecule has 2 heterocycles. The van der Waals surface area contributed by atoms with E-state index in [9.17, 15) is 13.2 Å². The van der Waals surface area contributed by atoms with Crippen LogP contribution >= 0.6 is 0 Å². The fourth-order valence-corrected chi connectivity index (χ4v) is 3.71. The van der Waals surface area contributed by atoms with Crippen LogP contribution in [-0.2, 0) is 10.0 Å². The Balaban J connectivity index is 2.51. The lowest BCUT2D eigenvalue weighted by Crippen LogP contribution is -2.15. The Hall–Kier alpha value is -2.35. The van der Waals surface area contributed by atoms with Crippen LogP contribution in [0.3, 0.4) is 0 Å². The molecule has 0 aliphatic rings. The number of nitrogens with one attached hydrogen (secondary N) is 2. The average molecular weight is 309 g/mol. The summed E-state index contributed by atoms with van der Waals surface area (Å²) in [7, 11) is -3.88. The zero-order valence-electron chi connectivity index (χ0n) is 11.8. The van der Waals surface area contributed by atoms with Crippen molar-refractivity contribution in [1.82, 2.24) is 9.97 Å². The number of aromatic nitrogens is 2. The van der Waals surface area contributed by atoms with Gasteiger partial charge in [0.1, 0.15) is 10.6 Å². The SMILES string of the molecule is Cc1cnccc1NS(=O)(=O)c1c(C)[nH]c(C(=O)O)c1C. The summed E-state index contributed by atoms with van der Waals surface area (Å²) in [5.41, 5.74) is 1.41. The van der Waals surface area contributed by atoms with Crippen molar-refractivity contribution >= 4 is 21.7 Å². The highest BCUT2D eigenvalue weighted by molar-refractivity contribution is 7.92.